The number of H-pyrrole nitrogens is 1. The summed E-state index contributed by atoms with van der Waals surface area (Å²) in [4.78, 5) is 17.1. The molecule has 0 saturated heterocycles. The van der Waals surface area contributed by atoms with Crippen LogP contribution in [0, 0.1) is 11.3 Å². The summed E-state index contributed by atoms with van der Waals surface area (Å²) in [5.41, 5.74) is 7.92. The van der Waals surface area contributed by atoms with Gasteiger partial charge in [0.2, 0.25) is 0 Å². The Labute approximate surface area is 184 Å². The Balaban J connectivity index is 0.000000193. The summed E-state index contributed by atoms with van der Waals surface area (Å²) in [6.07, 6.45) is 1.54. The molecule has 0 aliphatic heterocycles. The van der Waals surface area contributed by atoms with Crippen LogP contribution >= 0.6 is 0 Å². The number of fused-ring (bicyclic) bond motifs is 1. The molecule has 0 fully saturated rings. The number of ether oxygens (including phenoxy) is 3. The van der Waals surface area contributed by atoms with Crippen molar-refractivity contribution in [1.82, 2.24) is 9.97 Å². The first-order valence-electron chi connectivity index (χ1n) is 9.61. The fourth-order valence-corrected chi connectivity index (χ4v) is 2.84. The molecule has 3 N–H and O–H groups in total. The second kappa shape index (κ2) is 10.5. The highest BCUT2D eigenvalue weighted by Crippen LogP contribution is 2.32. The first kappa shape index (κ1) is 22.2. The molecule has 0 saturated carbocycles. The van der Waals surface area contributed by atoms with Crippen molar-refractivity contribution < 1.29 is 14.2 Å². The summed E-state index contributed by atoms with van der Waals surface area (Å²) in [5.74, 6) is 1.75. The van der Waals surface area contributed by atoms with Crippen molar-refractivity contribution in [3.63, 3.8) is 0 Å². The van der Waals surface area contributed by atoms with Gasteiger partial charge < -0.3 is 24.9 Å². The van der Waals surface area contributed by atoms with Crippen molar-refractivity contribution in [3.8, 4) is 23.3 Å². The van der Waals surface area contributed by atoms with Gasteiger partial charge in [-0.05, 0) is 17.7 Å². The van der Waals surface area contributed by atoms with Gasteiger partial charge in [0.05, 0.1) is 31.0 Å². The van der Waals surface area contributed by atoms with Crippen molar-refractivity contribution in [1.29, 1.82) is 5.26 Å². The molecule has 0 amide bonds. The molecular weight excluding hydrogens is 408 g/mol. The monoisotopic (exact) mass is 430 g/mol. The quantitative estimate of drug-likeness (QED) is 0.463. The molecule has 0 spiro atoms. The summed E-state index contributed by atoms with van der Waals surface area (Å²) >= 11 is 0. The normalized spacial score (nSPS) is 9.91. The minimum Gasteiger partial charge on any atom is -0.497 e. The van der Waals surface area contributed by atoms with Gasteiger partial charge in [0, 0.05) is 29.8 Å². The number of nitrogen functional groups attached to an aromatic ring is 1. The van der Waals surface area contributed by atoms with Gasteiger partial charge >= 0.3 is 5.69 Å². The van der Waals surface area contributed by atoms with Gasteiger partial charge in [-0.2, -0.15) is 5.26 Å². The number of methoxy groups -OCH3 is 2. The average Bonchev–Trinajstić information content (AvgIpc) is 2.83. The summed E-state index contributed by atoms with van der Waals surface area (Å²) in [7, 11) is 3.12. The van der Waals surface area contributed by atoms with Crippen molar-refractivity contribution in [2.45, 2.75) is 6.61 Å². The van der Waals surface area contributed by atoms with Gasteiger partial charge in [-0.1, -0.05) is 30.3 Å². The second-order valence-corrected chi connectivity index (χ2v) is 6.62. The van der Waals surface area contributed by atoms with Crippen LogP contribution in [0.3, 0.4) is 0 Å². The number of rotatable bonds is 5. The summed E-state index contributed by atoms with van der Waals surface area (Å²) < 4.78 is 15.9. The van der Waals surface area contributed by atoms with E-state index in [1.165, 1.54) is 13.3 Å². The largest absolute Gasteiger partial charge is 0.497 e. The molecule has 4 rings (SSSR count). The van der Waals surface area contributed by atoms with Crippen molar-refractivity contribution in [3.05, 3.63) is 88.5 Å². The smallest absolute Gasteiger partial charge is 0.345 e. The Bertz CT molecular complexity index is 1300. The van der Waals surface area contributed by atoms with E-state index in [0.29, 0.717) is 35.1 Å². The molecule has 0 radical (unpaired) electrons. The van der Waals surface area contributed by atoms with Crippen LogP contribution in [0.25, 0.3) is 10.9 Å². The fraction of sp³-hybridized carbons (Fsp3) is 0.125. The zero-order valence-electron chi connectivity index (χ0n) is 17.7. The number of aromatic amines is 1. The predicted molar refractivity (Wildman–Crippen MR) is 122 cm³/mol. The molecule has 32 heavy (non-hydrogen) atoms. The highest BCUT2D eigenvalue weighted by molar-refractivity contribution is 5.78. The first-order valence-corrected chi connectivity index (χ1v) is 9.61. The lowest BCUT2D eigenvalue weighted by Gasteiger charge is -2.12. The van der Waals surface area contributed by atoms with Gasteiger partial charge in [0.1, 0.15) is 18.4 Å². The van der Waals surface area contributed by atoms with E-state index in [0.717, 1.165) is 16.5 Å². The van der Waals surface area contributed by atoms with Crippen LogP contribution in [0.1, 0.15) is 11.1 Å². The van der Waals surface area contributed by atoms with E-state index in [-0.39, 0.29) is 5.69 Å². The molecule has 8 nitrogen and oxygen atoms in total. The Morgan fingerprint density at radius 1 is 1.03 bits per heavy atom. The third-order valence-corrected chi connectivity index (χ3v) is 4.52. The number of hydrogen-bond acceptors (Lipinski definition) is 7. The highest BCUT2D eigenvalue weighted by Gasteiger charge is 2.10. The predicted octanol–water partition coefficient (Wildman–Crippen LogP) is 3.66. The van der Waals surface area contributed by atoms with Crippen molar-refractivity contribution in [2.24, 2.45) is 0 Å². The summed E-state index contributed by atoms with van der Waals surface area (Å²) in [6.45, 7) is 0.409. The molecule has 8 heteroatoms. The molecule has 1 heterocycles. The lowest BCUT2D eigenvalue weighted by Crippen LogP contribution is -2.08. The van der Waals surface area contributed by atoms with Crippen LogP contribution in [-0.2, 0) is 6.61 Å². The lowest BCUT2D eigenvalue weighted by molar-refractivity contribution is 0.284. The molecule has 4 aromatic rings. The molecule has 162 valence electrons. The van der Waals surface area contributed by atoms with Gasteiger partial charge in [0.15, 0.2) is 11.5 Å². The van der Waals surface area contributed by atoms with E-state index in [1.807, 2.05) is 48.5 Å². The van der Waals surface area contributed by atoms with Crippen LogP contribution in [0.15, 0.2) is 71.7 Å². The topological polar surface area (TPSA) is 123 Å². The number of anilines is 1. The summed E-state index contributed by atoms with van der Waals surface area (Å²) in [5, 5.41) is 9.85. The molecule has 0 aliphatic rings. The zero-order chi connectivity index (χ0) is 22.9. The molecule has 0 atom stereocenters. The Morgan fingerprint density at radius 2 is 1.81 bits per heavy atom. The number of benzene rings is 3. The van der Waals surface area contributed by atoms with Crippen LogP contribution in [0.5, 0.6) is 17.2 Å². The molecule has 3 aromatic carbocycles. The van der Waals surface area contributed by atoms with E-state index in [2.05, 4.69) is 9.97 Å². The Hall–Kier alpha value is -4.51. The standard InChI is InChI=1S/C15H14N2O2.C9H8N2O2/c1-18-14-8-13(17)12(9-16)7-15(14)19-10-11-5-3-2-4-6-11;1-13-7-3-2-6-5-10-9(12)11-8(6)4-7/h2-8H,10,17H2,1H3;2-5H,1H3,(H,10,11,12). The maximum atomic E-state index is 10.9. The molecule has 0 unspecified atom stereocenters. The van der Waals surface area contributed by atoms with Crippen LogP contribution < -0.4 is 25.6 Å². The SMILES string of the molecule is COc1cc(N)c(C#N)cc1OCc1ccccc1.COc1ccc2cnc(=O)[nH]c2c1. The molecule has 0 bridgehead atoms. The number of nitrogens with two attached hydrogens (primary N) is 1. The van der Waals surface area contributed by atoms with Gasteiger partial charge in [0.25, 0.3) is 0 Å². The van der Waals surface area contributed by atoms with E-state index in [9.17, 15) is 4.79 Å². The van der Waals surface area contributed by atoms with Gasteiger partial charge in [-0.3, -0.25) is 0 Å². The van der Waals surface area contributed by atoms with E-state index < -0.39 is 0 Å². The Kier molecular flexibility index (Phi) is 7.28. The molecular formula is C24H22N4O4. The number of aromatic nitrogens is 2. The van der Waals surface area contributed by atoms with Crippen LogP contribution in [0.4, 0.5) is 5.69 Å². The third-order valence-electron chi connectivity index (χ3n) is 4.52. The van der Waals surface area contributed by atoms with Gasteiger partial charge in [-0.25, -0.2) is 9.78 Å². The molecule has 1 aromatic heterocycles. The second-order valence-electron chi connectivity index (χ2n) is 6.62. The van der Waals surface area contributed by atoms with Gasteiger partial charge in [-0.15, -0.1) is 0 Å². The summed E-state index contributed by atoms with van der Waals surface area (Å²) in [6, 6.07) is 20.4. The average molecular weight is 430 g/mol. The van der Waals surface area contributed by atoms with E-state index >= 15 is 0 Å². The molecule has 0 aliphatic carbocycles. The van der Waals surface area contributed by atoms with E-state index in [4.69, 9.17) is 25.2 Å². The van der Waals surface area contributed by atoms with Crippen molar-refractivity contribution in [2.75, 3.05) is 20.0 Å². The van der Waals surface area contributed by atoms with Crippen LogP contribution in [-0.4, -0.2) is 24.2 Å². The highest BCUT2D eigenvalue weighted by atomic mass is 16.5. The minimum absolute atomic E-state index is 0.347. The number of hydrogen-bond donors (Lipinski definition) is 2. The maximum absolute atomic E-state index is 10.9. The Morgan fingerprint density at radius 3 is 2.50 bits per heavy atom. The minimum atomic E-state index is -0.347. The van der Waals surface area contributed by atoms with E-state index in [1.54, 1.807) is 25.3 Å². The number of nitriles is 1. The van der Waals surface area contributed by atoms with Crippen molar-refractivity contribution >= 4 is 16.6 Å². The fourth-order valence-electron chi connectivity index (χ4n) is 2.84. The third kappa shape index (κ3) is 5.55. The maximum Gasteiger partial charge on any atom is 0.345 e. The van der Waals surface area contributed by atoms with Crippen LogP contribution in [0.2, 0.25) is 0 Å². The number of nitrogens with zero attached hydrogens (tertiary/aromatic N) is 2. The number of nitrogens with one attached hydrogen (secondary N) is 1. The lowest BCUT2D eigenvalue weighted by atomic mass is 10.1. The first-order chi connectivity index (χ1) is 15.5. The zero-order valence-corrected chi connectivity index (χ0v) is 17.7.